The average Bonchev–Trinajstić information content (AvgIpc) is 1.87. The monoisotopic (exact) mass is 162 g/mol. The molecule has 0 aliphatic carbocycles. The molecule has 0 aliphatic rings. The van der Waals surface area contributed by atoms with Gasteiger partial charge in [-0.15, -0.1) is 12.6 Å². The Morgan fingerprint density at radius 2 is 1.80 bits per heavy atom. The molecule has 0 aliphatic heterocycles. The van der Waals surface area contributed by atoms with Crippen molar-refractivity contribution in [1.29, 1.82) is 0 Å². The van der Waals surface area contributed by atoms with Crippen LogP contribution in [0, 0.1) is 0 Å². The summed E-state index contributed by atoms with van der Waals surface area (Å²) < 4.78 is 5.60. The van der Waals surface area contributed by atoms with Gasteiger partial charge in [-0.25, -0.2) is 0 Å². The molecule has 0 rings (SSSR count). The van der Waals surface area contributed by atoms with Gasteiger partial charge in [0.25, 0.3) is 0 Å². The molecular weight excluding hydrogens is 144 g/mol. The van der Waals surface area contributed by atoms with Crippen LogP contribution in [0.2, 0.25) is 0 Å². The van der Waals surface area contributed by atoms with Crippen LogP contribution in [0.3, 0.4) is 0 Å². The van der Waals surface area contributed by atoms with Gasteiger partial charge in [-0.05, 0) is 26.7 Å². The zero-order valence-corrected chi connectivity index (χ0v) is 8.24. The molecule has 62 valence electrons. The van der Waals surface area contributed by atoms with Crippen LogP contribution in [0.5, 0.6) is 0 Å². The van der Waals surface area contributed by atoms with Crippen molar-refractivity contribution in [1.82, 2.24) is 0 Å². The first kappa shape index (κ1) is 10.3. The Bertz CT molecular complexity index is 87.3. The average molecular weight is 162 g/mol. The lowest BCUT2D eigenvalue weighted by molar-refractivity contribution is -0.0442. The van der Waals surface area contributed by atoms with Crippen LogP contribution < -0.4 is 0 Å². The molecular formula is C8H18OS. The minimum Gasteiger partial charge on any atom is -0.362 e. The van der Waals surface area contributed by atoms with Gasteiger partial charge in [0.1, 0.15) is 0 Å². The van der Waals surface area contributed by atoms with E-state index in [0.717, 1.165) is 12.8 Å². The molecule has 1 unspecified atom stereocenters. The second-order valence-electron chi connectivity index (χ2n) is 2.87. The topological polar surface area (TPSA) is 9.23 Å². The maximum atomic E-state index is 5.60. The van der Waals surface area contributed by atoms with Crippen LogP contribution in [0.1, 0.15) is 40.5 Å². The maximum Gasteiger partial charge on any atom is 0.0978 e. The summed E-state index contributed by atoms with van der Waals surface area (Å²) in [6, 6.07) is 0. The molecule has 0 fully saturated rings. The van der Waals surface area contributed by atoms with Gasteiger partial charge in [0.15, 0.2) is 0 Å². The van der Waals surface area contributed by atoms with E-state index in [-0.39, 0.29) is 11.0 Å². The van der Waals surface area contributed by atoms with Gasteiger partial charge in [-0.3, -0.25) is 0 Å². The molecule has 1 atom stereocenters. The van der Waals surface area contributed by atoms with Gasteiger partial charge in [0.05, 0.1) is 11.0 Å². The van der Waals surface area contributed by atoms with Gasteiger partial charge in [0.2, 0.25) is 0 Å². The predicted molar refractivity (Wildman–Crippen MR) is 48.5 cm³/mol. The third-order valence-electron chi connectivity index (χ3n) is 1.95. The minimum absolute atomic E-state index is 0.0289. The predicted octanol–water partition coefficient (Wildman–Crippen LogP) is 2.86. The summed E-state index contributed by atoms with van der Waals surface area (Å²) in [6.07, 6.45) is 2.10. The fourth-order valence-corrected chi connectivity index (χ4v) is 1.08. The smallest absolute Gasteiger partial charge is 0.0978 e. The lowest BCUT2D eigenvalue weighted by atomic mass is 10.0. The first-order valence-electron chi connectivity index (χ1n) is 3.90. The molecule has 0 spiro atoms. The fraction of sp³-hybridized carbons (Fsp3) is 1.00. The van der Waals surface area contributed by atoms with E-state index in [1.807, 2.05) is 6.92 Å². The SMILES string of the molecule is CCC(C)(CC)OC(C)S. The highest BCUT2D eigenvalue weighted by atomic mass is 32.1. The lowest BCUT2D eigenvalue weighted by Gasteiger charge is -2.28. The van der Waals surface area contributed by atoms with Crippen molar-refractivity contribution >= 4 is 12.6 Å². The molecule has 10 heavy (non-hydrogen) atoms. The molecule has 0 radical (unpaired) electrons. The number of hydrogen-bond acceptors (Lipinski definition) is 2. The standard InChI is InChI=1S/C8H18OS/c1-5-8(4,6-2)9-7(3)10/h7,10H,5-6H2,1-4H3. The molecule has 0 N–H and O–H groups in total. The summed E-state index contributed by atoms with van der Waals surface area (Å²) in [5, 5.41) is 0. The molecule has 1 nitrogen and oxygen atoms in total. The van der Waals surface area contributed by atoms with E-state index in [1.54, 1.807) is 0 Å². The van der Waals surface area contributed by atoms with Crippen LogP contribution in [0.25, 0.3) is 0 Å². The first-order chi connectivity index (χ1) is 4.54. The Kier molecular flexibility index (Phi) is 4.37. The van der Waals surface area contributed by atoms with Crippen molar-refractivity contribution in [3.8, 4) is 0 Å². The second kappa shape index (κ2) is 4.24. The number of rotatable bonds is 4. The summed E-state index contributed by atoms with van der Waals surface area (Å²) in [4.78, 5) is 0. The van der Waals surface area contributed by atoms with Crippen molar-refractivity contribution in [2.24, 2.45) is 0 Å². The van der Waals surface area contributed by atoms with E-state index in [2.05, 4.69) is 33.4 Å². The number of thiol groups is 1. The maximum absolute atomic E-state index is 5.60. The summed E-state index contributed by atoms with van der Waals surface area (Å²) in [5.41, 5.74) is 0.0751. The third-order valence-corrected chi connectivity index (χ3v) is 2.06. The van der Waals surface area contributed by atoms with Crippen molar-refractivity contribution in [2.75, 3.05) is 0 Å². The van der Waals surface area contributed by atoms with Crippen LogP contribution >= 0.6 is 12.6 Å². The highest BCUT2D eigenvalue weighted by molar-refractivity contribution is 7.80. The van der Waals surface area contributed by atoms with Crippen LogP contribution in [0.15, 0.2) is 0 Å². The highest BCUT2D eigenvalue weighted by Gasteiger charge is 2.21. The van der Waals surface area contributed by atoms with E-state index in [4.69, 9.17) is 4.74 Å². The summed E-state index contributed by atoms with van der Waals surface area (Å²) >= 11 is 4.18. The van der Waals surface area contributed by atoms with Gasteiger partial charge in [-0.2, -0.15) is 0 Å². The molecule has 0 aromatic carbocycles. The summed E-state index contributed by atoms with van der Waals surface area (Å²) in [7, 11) is 0. The molecule has 0 heterocycles. The normalized spacial score (nSPS) is 15.3. The first-order valence-corrected chi connectivity index (χ1v) is 4.41. The van der Waals surface area contributed by atoms with Crippen molar-refractivity contribution in [3.05, 3.63) is 0 Å². The quantitative estimate of drug-likeness (QED) is 0.494. The van der Waals surface area contributed by atoms with E-state index in [9.17, 15) is 0 Å². The highest BCUT2D eigenvalue weighted by Crippen LogP contribution is 2.21. The van der Waals surface area contributed by atoms with Crippen molar-refractivity contribution in [2.45, 2.75) is 51.6 Å². The molecule has 0 aromatic heterocycles. The third kappa shape index (κ3) is 3.47. The van der Waals surface area contributed by atoms with Gasteiger partial charge in [0, 0.05) is 0 Å². The number of ether oxygens (including phenoxy) is 1. The van der Waals surface area contributed by atoms with Crippen LogP contribution in [0.4, 0.5) is 0 Å². The summed E-state index contributed by atoms with van der Waals surface area (Å²) in [6.45, 7) is 8.35. The van der Waals surface area contributed by atoms with Crippen molar-refractivity contribution in [3.63, 3.8) is 0 Å². The lowest BCUT2D eigenvalue weighted by Crippen LogP contribution is -2.29. The molecule has 0 aromatic rings. The Balaban J connectivity index is 3.80. The summed E-state index contributed by atoms with van der Waals surface area (Å²) in [5.74, 6) is 0. The van der Waals surface area contributed by atoms with Crippen molar-refractivity contribution < 1.29 is 4.74 Å². The Morgan fingerprint density at radius 1 is 1.40 bits per heavy atom. The van der Waals surface area contributed by atoms with Crippen LogP contribution in [-0.2, 0) is 4.74 Å². The molecule has 0 saturated carbocycles. The van der Waals surface area contributed by atoms with E-state index in [1.165, 1.54) is 0 Å². The zero-order chi connectivity index (χ0) is 8.20. The van der Waals surface area contributed by atoms with E-state index >= 15 is 0 Å². The molecule has 2 heteroatoms. The second-order valence-corrected chi connectivity index (χ2v) is 3.60. The van der Waals surface area contributed by atoms with Crippen LogP contribution in [-0.4, -0.2) is 11.0 Å². The van der Waals surface area contributed by atoms with E-state index in [0.29, 0.717) is 0 Å². The Labute approximate surface area is 69.6 Å². The number of hydrogen-bond donors (Lipinski definition) is 1. The largest absolute Gasteiger partial charge is 0.362 e. The van der Waals surface area contributed by atoms with Gasteiger partial charge >= 0.3 is 0 Å². The Hall–Kier alpha value is 0.310. The zero-order valence-electron chi connectivity index (χ0n) is 7.35. The molecule has 0 amide bonds. The molecule has 0 saturated heterocycles. The fourth-order valence-electron chi connectivity index (χ4n) is 0.828. The Morgan fingerprint density at radius 3 is 1.90 bits per heavy atom. The van der Waals surface area contributed by atoms with E-state index < -0.39 is 0 Å². The van der Waals surface area contributed by atoms with Gasteiger partial charge in [-0.1, -0.05) is 13.8 Å². The molecule has 0 bridgehead atoms. The van der Waals surface area contributed by atoms with Gasteiger partial charge < -0.3 is 4.74 Å². The minimum atomic E-state index is 0.0289.